The van der Waals surface area contributed by atoms with Crippen LogP contribution >= 0.6 is 11.6 Å². The largest absolute Gasteiger partial charge is 0.444 e. The maximum Gasteiger partial charge on any atom is 0.416 e. The van der Waals surface area contributed by atoms with E-state index < -0.39 is 23.4 Å². The van der Waals surface area contributed by atoms with Gasteiger partial charge in [0.25, 0.3) is 0 Å². The normalized spacial score (nSPS) is 12.5. The second-order valence-corrected chi connectivity index (χ2v) is 6.29. The van der Waals surface area contributed by atoms with Crippen LogP contribution in [0, 0.1) is 0 Å². The van der Waals surface area contributed by atoms with E-state index in [4.69, 9.17) is 16.3 Å². The maximum atomic E-state index is 12.9. The molecule has 1 rings (SSSR count). The van der Waals surface area contributed by atoms with E-state index in [1.54, 1.807) is 20.8 Å². The summed E-state index contributed by atoms with van der Waals surface area (Å²) in [5.41, 5.74) is -1.36. The van der Waals surface area contributed by atoms with Gasteiger partial charge in [-0.05, 0) is 51.0 Å². The molecule has 1 amide bonds. The Kier molecular flexibility index (Phi) is 6.50. The quantitative estimate of drug-likeness (QED) is 0.750. The van der Waals surface area contributed by atoms with Gasteiger partial charge in [0.15, 0.2) is 0 Å². The molecule has 0 fully saturated rings. The van der Waals surface area contributed by atoms with Crippen LogP contribution in [-0.2, 0) is 10.9 Å². The minimum absolute atomic E-state index is 0.0118. The van der Waals surface area contributed by atoms with Gasteiger partial charge in [0.2, 0.25) is 0 Å². The Hall–Kier alpha value is -1.69. The van der Waals surface area contributed by atoms with Gasteiger partial charge in [-0.3, -0.25) is 0 Å². The molecule has 0 unspecified atom stereocenters. The minimum atomic E-state index is -4.45. The van der Waals surface area contributed by atoms with E-state index in [0.29, 0.717) is 6.42 Å². The van der Waals surface area contributed by atoms with E-state index in [0.717, 1.165) is 6.07 Å². The van der Waals surface area contributed by atoms with Gasteiger partial charge >= 0.3 is 12.3 Å². The molecule has 0 aliphatic carbocycles. The molecule has 0 saturated heterocycles. The average molecular weight is 350 g/mol. The molecular weight excluding hydrogens is 331 g/mol. The molecule has 23 heavy (non-hydrogen) atoms. The molecule has 0 heterocycles. The lowest BCUT2D eigenvalue weighted by Gasteiger charge is -2.19. The summed E-state index contributed by atoms with van der Waals surface area (Å²) in [6.45, 7) is 5.48. The number of alkyl halides is 3. The summed E-state index contributed by atoms with van der Waals surface area (Å²) >= 11 is 5.74. The van der Waals surface area contributed by atoms with Gasteiger partial charge in [-0.1, -0.05) is 23.8 Å². The van der Waals surface area contributed by atoms with Crippen LogP contribution in [0.2, 0.25) is 5.02 Å². The van der Waals surface area contributed by atoms with Crippen LogP contribution in [0.5, 0.6) is 0 Å². The lowest BCUT2D eigenvalue weighted by molar-refractivity contribution is -0.137. The topological polar surface area (TPSA) is 38.3 Å². The van der Waals surface area contributed by atoms with Crippen molar-refractivity contribution in [3.63, 3.8) is 0 Å². The number of amides is 1. The molecule has 0 spiro atoms. The van der Waals surface area contributed by atoms with Crippen molar-refractivity contribution in [2.75, 3.05) is 6.54 Å². The summed E-state index contributed by atoms with van der Waals surface area (Å²) in [5, 5.41) is 2.75. The van der Waals surface area contributed by atoms with E-state index in [9.17, 15) is 18.0 Å². The Morgan fingerprint density at radius 1 is 1.30 bits per heavy atom. The number of alkyl carbamates (subject to hydrolysis) is 1. The lowest BCUT2D eigenvalue weighted by Crippen LogP contribution is -2.32. The molecule has 0 aliphatic rings. The molecular formula is C16H19ClF3NO2. The van der Waals surface area contributed by atoms with E-state index in [-0.39, 0.29) is 17.1 Å². The van der Waals surface area contributed by atoms with Gasteiger partial charge in [-0.15, -0.1) is 0 Å². The van der Waals surface area contributed by atoms with Crippen LogP contribution < -0.4 is 5.32 Å². The number of benzene rings is 1. The molecule has 1 aromatic carbocycles. The standard InChI is InChI=1S/C16H19ClF3NO2/c1-15(2,3)23-14(22)21-9-5-4-6-11-10-12(17)7-8-13(11)16(18,19)20/h4,6-8,10H,5,9H2,1-3H3,(H,21,22). The maximum absolute atomic E-state index is 12.9. The fourth-order valence-corrected chi connectivity index (χ4v) is 1.89. The first-order chi connectivity index (χ1) is 10.5. The number of hydrogen-bond donors (Lipinski definition) is 1. The van der Waals surface area contributed by atoms with E-state index in [1.165, 1.54) is 24.3 Å². The van der Waals surface area contributed by atoms with Crippen LogP contribution in [-0.4, -0.2) is 18.2 Å². The van der Waals surface area contributed by atoms with Crippen molar-refractivity contribution in [1.29, 1.82) is 0 Å². The van der Waals surface area contributed by atoms with E-state index in [2.05, 4.69) is 5.32 Å². The first-order valence-corrected chi connectivity index (χ1v) is 7.37. The molecule has 0 aromatic heterocycles. The fraction of sp³-hybridized carbons (Fsp3) is 0.438. The molecule has 1 aromatic rings. The second kappa shape index (κ2) is 7.73. The van der Waals surface area contributed by atoms with Crippen LogP contribution in [0.25, 0.3) is 6.08 Å². The summed E-state index contributed by atoms with van der Waals surface area (Å²) in [7, 11) is 0. The summed E-state index contributed by atoms with van der Waals surface area (Å²) < 4.78 is 43.6. The molecule has 0 aliphatic heterocycles. The third-order valence-corrected chi connectivity index (χ3v) is 2.83. The molecule has 0 atom stereocenters. The SMILES string of the molecule is CC(C)(C)OC(=O)NCCC=Cc1cc(Cl)ccc1C(F)(F)F. The average Bonchev–Trinajstić information content (AvgIpc) is 2.34. The second-order valence-electron chi connectivity index (χ2n) is 5.85. The van der Waals surface area contributed by atoms with Crippen LogP contribution in [0.4, 0.5) is 18.0 Å². The highest BCUT2D eigenvalue weighted by Gasteiger charge is 2.32. The fourth-order valence-electron chi connectivity index (χ4n) is 1.71. The van der Waals surface area contributed by atoms with E-state index >= 15 is 0 Å². The molecule has 7 heteroatoms. The van der Waals surface area contributed by atoms with Gasteiger partial charge in [-0.25, -0.2) is 4.79 Å². The van der Waals surface area contributed by atoms with Gasteiger partial charge < -0.3 is 10.1 Å². The predicted octanol–water partition coefficient (Wildman–Crippen LogP) is 5.29. The third kappa shape index (κ3) is 7.41. The lowest BCUT2D eigenvalue weighted by atomic mass is 10.1. The number of carbonyl (C=O) groups is 1. The van der Waals surface area contributed by atoms with Crippen molar-refractivity contribution in [2.45, 2.75) is 39.0 Å². The summed E-state index contributed by atoms with van der Waals surface area (Å²) in [4.78, 5) is 11.4. The number of halogens is 4. The number of carbonyl (C=O) groups excluding carboxylic acids is 1. The number of hydrogen-bond acceptors (Lipinski definition) is 2. The van der Waals surface area contributed by atoms with Gasteiger partial charge in [-0.2, -0.15) is 13.2 Å². The van der Waals surface area contributed by atoms with Crippen molar-refractivity contribution in [3.05, 3.63) is 40.4 Å². The Balaban J connectivity index is 2.59. The molecule has 0 radical (unpaired) electrons. The molecule has 0 bridgehead atoms. The zero-order valence-electron chi connectivity index (χ0n) is 13.1. The van der Waals surface area contributed by atoms with Crippen molar-refractivity contribution < 1.29 is 22.7 Å². The number of nitrogens with one attached hydrogen (secondary N) is 1. The first-order valence-electron chi connectivity index (χ1n) is 6.99. The van der Waals surface area contributed by atoms with Crippen LogP contribution in [0.1, 0.15) is 38.3 Å². The minimum Gasteiger partial charge on any atom is -0.444 e. The van der Waals surface area contributed by atoms with Crippen LogP contribution in [0.15, 0.2) is 24.3 Å². The number of ether oxygens (including phenoxy) is 1. The van der Waals surface area contributed by atoms with Gasteiger partial charge in [0, 0.05) is 11.6 Å². The Labute approximate surface area is 138 Å². The Morgan fingerprint density at radius 3 is 2.52 bits per heavy atom. The first kappa shape index (κ1) is 19.4. The molecule has 3 nitrogen and oxygen atoms in total. The molecule has 0 saturated carbocycles. The highest BCUT2D eigenvalue weighted by molar-refractivity contribution is 6.30. The highest BCUT2D eigenvalue weighted by Crippen LogP contribution is 2.33. The van der Waals surface area contributed by atoms with Crippen molar-refractivity contribution in [1.82, 2.24) is 5.32 Å². The molecule has 1 N–H and O–H groups in total. The smallest absolute Gasteiger partial charge is 0.416 e. The zero-order valence-corrected chi connectivity index (χ0v) is 13.9. The molecule has 128 valence electrons. The van der Waals surface area contributed by atoms with Crippen LogP contribution in [0.3, 0.4) is 0 Å². The van der Waals surface area contributed by atoms with Crippen molar-refractivity contribution in [3.8, 4) is 0 Å². The monoisotopic (exact) mass is 349 g/mol. The van der Waals surface area contributed by atoms with Crippen molar-refractivity contribution >= 4 is 23.8 Å². The zero-order chi connectivity index (χ0) is 17.7. The predicted molar refractivity (Wildman–Crippen MR) is 84.3 cm³/mol. The number of rotatable bonds is 4. The summed E-state index contributed by atoms with van der Waals surface area (Å²) in [6, 6.07) is 3.40. The van der Waals surface area contributed by atoms with Gasteiger partial charge in [0.1, 0.15) is 5.60 Å². The summed E-state index contributed by atoms with van der Waals surface area (Å²) in [6.07, 6.45) is -1.77. The van der Waals surface area contributed by atoms with Gasteiger partial charge in [0.05, 0.1) is 5.56 Å². The highest BCUT2D eigenvalue weighted by atomic mass is 35.5. The third-order valence-electron chi connectivity index (χ3n) is 2.60. The van der Waals surface area contributed by atoms with Crippen molar-refractivity contribution in [2.24, 2.45) is 0 Å². The Morgan fingerprint density at radius 2 is 1.96 bits per heavy atom. The summed E-state index contributed by atoms with van der Waals surface area (Å²) in [5.74, 6) is 0. The van der Waals surface area contributed by atoms with E-state index in [1.807, 2.05) is 0 Å². The Bertz CT molecular complexity index is 578.